The van der Waals surface area contributed by atoms with E-state index < -0.39 is 11.2 Å². The Morgan fingerprint density at radius 2 is 1.60 bits per heavy atom. The van der Waals surface area contributed by atoms with Crippen LogP contribution in [0.4, 0.5) is 11.4 Å². The summed E-state index contributed by atoms with van der Waals surface area (Å²) in [5, 5.41) is 14.5. The van der Waals surface area contributed by atoms with Crippen LogP contribution in [0.25, 0.3) is 0 Å². The molecule has 6 nitrogen and oxygen atoms in total. The van der Waals surface area contributed by atoms with Crippen LogP contribution in [-0.4, -0.2) is 22.9 Å². The second-order valence-electron chi connectivity index (χ2n) is 9.21. The number of aromatic carboxylic acids is 1. The zero-order valence-corrected chi connectivity index (χ0v) is 21.2. The fourth-order valence-electron chi connectivity index (χ4n) is 3.35. The second-order valence-corrected chi connectivity index (χ2v) is 10.8. The van der Waals surface area contributed by atoms with Crippen LogP contribution in [0.2, 0.25) is 5.02 Å². The van der Waals surface area contributed by atoms with Crippen molar-refractivity contribution in [2.45, 2.75) is 37.3 Å². The van der Waals surface area contributed by atoms with Gasteiger partial charge in [-0.25, -0.2) is 4.79 Å². The molecule has 0 spiro atoms. The zero-order valence-electron chi connectivity index (χ0n) is 19.7. The Balaban J connectivity index is 1.83. The van der Waals surface area contributed by atoms with E-state index in [0.29, 0.717) is 17.8 Å². The Kier molecular flexibility index (Phi) is 8.59. The van der Waals surface area contributed by atoms with Crippen LogP contribution in [0.1, 0.15) is 48.4 Å². The molecule has 0 fully saturated rings. The average molecular weight is 511 g/mol. The highest BCUT2D eigenvalue weighted by Gasteiger charge is 2.23. The third-order valence-corrected chi connectivity index (χ3v) is 6.45. The van der Waals surface area contributed by atoms with E-state index in [9.17, 15) is 19.5 Å². The number of hydrogen-bond acceptors (Lipinski definition) is 4. The fourth-order valence-corrected chi connectivity index (χ4v) is 4.63. The molecule has 1 atom stereocenters. The van der Waals surface area contributed by atoms with Gasteiger partial charge >= 0.3 is 5.97 Å². The minimum atomic E-state index is -1.18. The summed E-state index contributed by atoms with van der Waals surface area (Å²) in [7, 11) is 0. The zero-order chi connectivity index (χ0) is 25.6. The standard InChI is InChI=1S/C27H27ClN2O4S/c1-27(2,3)16-23(31)29-18-10-7-11-20(14-18)35-24(17-8-5-4-6-9-17)25(32)30-19-12-13-22(28)21(15-19)26(33)34/h4-15,24H,16H2,1-3H3,(H,29,31)(H,30,32)(H,33,34). The summed E-state index contributed by atoms with van der Waals surface area (Å²) < 4.78 is 0. The van der Waals surface area contributed by atoms with Gasteiger partial charge in [0.2, 0.25) is 11.8 Å². The molecule has 182 valence electrons. The van der Waals surface area contributed by atoms with E-state index in [1.807, 2.05) is 75.4 Å². The first kappa shape index (κ1) is 26.3. The molecule has 2 amide bonds. The molecule has 3 aromatic carbocycles. The van der Waals surface area contributed by atoms with Crippen molar-refractivity contribution in [2.75, 3.05) is 10.6 Å². The van der Waals surface area contributed by atoms with Gasteiger partial charge in [0, 0.05) is 22.7 Å². The van der Waals surface area contributed by atoms with Crippen LogP contribution in [-0.2, 0) is 9.59 Å². The highest BCUT2D eigenvalue weighted by molar-refractivity contribution is 8.00. The molecule has 0 aliphatic carbocycles. The summed E-state index contributed by atoms with van der Waals surface area (Å²) in [6.45, 7) is 6.01. The summed E-state index contributed by atoms with van der Waals surface area (Å²) in [4.78, 5) is 37.9. The fraction of sp³-hybridized carbons (Fsp3) is 0.222. The lowest BCUT2D eigenvalue weighted by atomic mass is 9.92. The Labute approximate surface area is 214 Å². The van der Waals surface area contributed by atoms with Gasteiger partial charge in [-0.1, -0.05) is 68.8 Å². The predicted molar refractivity (Wildman–Crippen MR) is 141 cm³/mol. The number of benzene rings is 3. The maximum absolute atomic E-state index is 13.3. The quantitative estimate of drug-likeness (QED) is 0.287. The van der Waals surface area contributed by atoms with Crippen LogP contribution in [0.3, 0.4) is 0 Å². The molecule has 1 unspecified atom stereocenters. The van der Waals surface area contributed by atoms with E-state index in [1.54, 1.807) is 6.07 Å². The van der Waals surface area contributed by atoms with Gasteiger partial charge in [-0.15, -0.1) is 11.8 Å². The van der Waals surface area contributed by atoms with E-state index in [4.69, 9.17) is 11.6 Å². The number of halogens is 1. The van der Waals surface area contributed by atoms with Crippen molar-refractivity contribution in [3.8, 4) is 0 Å². The van der Waals surface area contributed by atoms with Crippen molar-refractivity contribution in [1.82, 2.24) is 0 Å². The lowest BCUT2D eigenvalue weighted by Crippen LogP contribution is -2.20. The summed E-state index contributed by atoms with van der Waals surface area (Å²) in [5.74, 6) is -1.57. The Morgan fingerprint density at radius 3 is 2.26 bits per heavy atom. The van der Waals surface area contributed by atoms with Gasteiger partial charge in [-0.2, -0.15) is 0 Å². The molecule has 0 radical (unpaired) electrons. The van der Waals surface area contributed by atoms with E-state index in [1.165, 1.54) is 23.9 Å². The number of carbonyl (C=O) groups excluding carboxylic acids is 2. The SMILES string of the molecule is CC(C)(C)CC(=O)Nc1cccc(SC(C(=O)Nc2ccc(Cl)c(C(=O)O)c2)c2ccccc2)c1. The molecule has 0 heterocycles. The maximum atomic E-state index is 13.3. The van der Waals surface area contributed by atoms with Crippen molar-refractivity contribution in [3.63, 3.8) is 0 Å². The van der Waals surface area contributed by atoms with Gasteiger partial charge in [0.05, 0.1) is 10.6 Å². The van der Waals surface area contributed by atoms with Gasteiger partial charge in [0.15, 0.2) is 0 Å². The lowest BCUT2D eigenvalue weighted by Gasteiger charge is -2.19. The number of anilines is 2. The van der Waals surface area contributed by atoms with E-state index in [2.05, 4.69) is 10.6 Å². The molecule has 0 aliphatic heterocycles. The number of thioether (sulfide) groups is 1. The van der Waals surface area contributed by atoms with Gasteiger partial charge in [-0.05, 0) is 47.4 Å². The lowest BCUT2D eigenvalue weighted by molar-refractivity contribution is -0.118. The smallest absolute Gasteiger partial charge is 0.337 e. The molecule has 0 bridgehead atoms. The van der Waals surface area contributed by atoms with Crippen molar-refractivity contribution in [1.29, 1.82) is 0 Å². The first-order valence-electron chi connectivity index (χ1n) is 11.0. The number of carboxylic acids is 1. The topological polar surface area (TPSA) is 95.5 Å². The molecule has 8 heteroatoms. The Bertz CT molecular complexity index is 1230. The summed E-state index contributed by atoms with van der Waals surface area (Å²) in [6, 6.07) is 21.0. The summed E-state index contributed by atoms with van der Waals surface area (Å²) >= 11 is 7.28. The number of amides is 2. The van der Waals surface area contributed by atoms with Crippen LogP contribution in [0.15, 0.2) is 77.7 Å². The molecular formula is C27H27ClN2O4S. The third-order valence-electron chi connectivity index (χ3n) is 4.87. The molecule has 0 aromatic heterocycles. The van der Waals surface area contributed by atoms with Crippen LogP contribution in [0.5, 0.6) is 0 Å². The molecular weight excluding hydrogens is 484 g/mol. The molecule has 35 heavy (non-hydrogen) atoms. The first-order valence-corrected chi connectivity index (χ1v) is 12.2. The minimum Gasteiger partial charge on any atom is -0.478 e. The Hall–Kier alpha value is -3.29. The van der Waals surface area contributed by atoms with Crippen molar-refractivity contribution >= 4 is 52.5 Å². The summed E-state index contributed by atoms with van der Waals surface area (Å²) in [5.41, 5.74) is 1.55. The van der Waals surface area contributed by atoms with E-state index in [0.717, 1.165) is 10.5 Å². The molecule has 0 saturated heterocycles. The normalized spacial score (nSPS) is 12.0. The van der Waals surface area contributed by atoms with Gasteiger partial charge in [0.1, 0.15) is 5.25 Å². The molecule has 0 aliphatic rings. The van der Waals surface area contributed by atoms with Crippen molar-refractivity contribution in [3.05, 3.63) is 88.9 Å². The number of carboxylic acid groups (broad SMARTS) is 1. The minimum absolute atomic E-state index is 0.0750. The van der Waals surface area contributed by atoms with Crippen LogP contribution in [0, 0.1) is 5.41 Å². The highest BCUT2D eigenvalue weighted by atomic mass is 35.5. The first-order chi connectivity index (χ1) is 16.5. The summed E-state index contributed by atoms with van der Waals surface area (Å²) in [6.07, 6.45) is 0.388. The van der Waals surface area contributed by atoms with E-state index in [-0.39, 0.29) is 27.8 Å². The third kappa shape index (κ3) is 7.87. The number of nitrogens with one attached hydrogen (secondary N) is 2. The molecule has 0 saturated carbocycles. The average Bonchev–Trinajstić information content (AvgIpc) is 2.78. The second kappa shape index (κ2) is 11.4. The van der Waals surface area contributed by atoms with Gasteiger partial charge < -0.3 is 15.7 Å². The monoisotopic (exact) mass is 510 g/mol. The van der Waals surface area contributed by atoms with E-state index >= 15 is 0 Å². The van der Waals surface area contributed by atoms with Crippen LogP contribution >= 0.6 is 23.4 Å². The molecule has 3 N–H and O–H groups in total. The predicted octanol–water partition coefficient (Wildman–Crippen LogP) is 6.89. The number of hydrogen-bond donors (Lipinski definition) is 3. The van der Waals surface area contributed by atoms with Crippen LogP contribution < -0.4 is 10.6 Å². The number of carbonyl (C=O) groups is 3. The van der Waals surface area contributed by atoms with Gasteiger partial charge in [0.25, 0.3) is 0 Å². The largest absolute Gasteiger partial charge is 0.478 e. The highest BCUT2D eigenvalue weighted by Crippen LogP contribution is 2.37. The van der Waals surface area contributed by atoms with Crippen molar-refractivity contribution in [2.24, 2.45) is 5.41 Å². The van der Waals surface area contributed by atoms with Gasteiger partial charge in [-0.3, -0.25) is 9.59 Å². The molecule has 3 aromatic rings. The molecule has 3 rings (SSSR count). The number of rotatable bonds is 8. The van der Waals surface area contributed by atoms with Crippen molar-refractivity contribution < 1.29 is 19.5 Å². The Morgan fingerprint density at radius 1 is 0.914 bits per heavy atom. The maximum Gasteiger partial charge on any atom is 0.337 e.